The lowest BCUT2D eigenvalue weighted by molar-refractivity contribution is 0.0222. The van der Waals surface area contributed by atoms with Crippen LogP contribution in [0.5, 0.6) is 0 Å². The molecule has 0 aliphatic carbocycles. The molecule has 1 aliphatic rings. The fourth-order valence-electron chi connectivity index (χ4n) is 2.01. The molecule has 0 fully saturated rings. The zero-order valence-corrected chi connectivity index (χ0v) is 11.4. The first-order valence-corrected chi connectivity index (χ1v) is 6.25. The van der Waals surface area contributed by atoms with E-state index in [9.17, 15) is 9.59 Å². The number of pyridine rings is 1. The number of H-pyrrole nitrogens is 1. The van der Waals surface area contributed by atoms with E-state index in [2.05, 4.69) is 4.98 Å². The molecule has 1 aliphatic heterocycles. The SMILES string of the molecule is CC(C)(C)OC(=O)N1CCc2[nH]c(=O)c(N)cc2C1. The highest BCUT2D eigenvalue weighted by Crippen LogP contribution is 2.19. The number of carbonyl (C=O) groups excluding carboxylic acids is 1. The lowest BCUT2D eigenvalue weighted by Gasteiger charge is -2.31. The summed E-state index contributed by atoms with van der Waals surface area (Å²) < 4.78 is 5.33. The van der Waals surface area contributed by atoms with Crippen LogP contribution in [-0.4, -0.2) is 28.1 Å². The summed E-state index contributed by atoms with van der Waals surface area (Å²) in [6.07, 6.45) is 0.257. The van der Waals surface area contributed by atoms with Gasteiger partial charge in [-0.3, -0.25) is 4.79 Å². The molecule has 0 unspecified atom stereocenters. The van der Waals surface area contributed by atoms with E-state index in [0.29, 0.717) is 19.5 Å². The van der Waals surface area contributed by atoms with Gasteiger partial charge in [0.1, 0.15) is 5.60 Å². The molecule has 3 N–H and O–H groups in total. The molecular weight excluding hydrogens is 246 g/mol. The molecule has 6 nitrogen and oxygen atoms in total. The van der Waals surface area contributed by atoms with Crippen molar-refractivity contribution in [3.8, 4) is 0 Å². The van der Waals surface area contributed by atoms with Crippen LogP contribution in [0.15, 0.2) is 10.9 Å². The Bertz CT molecular complexity index is 557. The molecule has 6 heteroatoms. The van der Waals surface area contributed by atoms with E-state index in [0.717, 1.165) is 11.3 Å². The van der Waals surface area contributed by atoms with Gasteiger partial charge in [0.2, 0.25) is 0 Å². The van der Waals surface area contributed by atoms with Gasteiger partial charge in [-0.1, -0.05) is 0 Å². The zero-order chi connectivity index (χ0) is 14.2. The Balaban J connectivity index is 2.16. The summed E-state index contributed by atoms with van der Waals surface area (Å²) in [4.78, 5) is 27.7. The number of rotatable bonds is 0. The van der Waals surface area contributed by atoms with Gasteiger partial charge in [0.05, 0.1) is 12.2 Å². The molecule has 0 radical (unpaired) electrons. The highest BCUT2D eigenvalue weighted by molar-refractivity contribution is 5.68. The van der Waals surface area contributed by atoms with Gasteiger partial charge < -0.3 is 20.4 Å². The minimum Gasteiger partial charge on any atom is -0.444 e. The second kappa shape index (κ2) is 4.60. The predicted octanol–water partition coefficient (Wildman–Crippen LogP) is 1.25. The van der Waals surface area contributed by atoms with Crippen molar-refractivity contribution < 1.29 is 9.53 Å². The van der Waals surface area contributed by atoms with Crippen LogP contribution < -0.4 is 11.3 Å². The largest absolute Gasteiger partial charge is 0.444 e. The van der Waals surface area contributed by atoms with Gasteiger partial charge in [0.25, 0.3) is 5.56 Å². The van der Waals surface area contributed by atoms with Gasteiger partial charge in [-0.2, -0.15) is 0 Å². The number of aromatic amines is 1. The zero-order valence-electron chi connectivity index (χ0n) is 11.4. The highest BCUT2D eigenvalue weighted by atomic mass is 16.6. The number of amides is 1. The molecule has 0 saturated carbocycles. The molecule has 1 aromatic rings. The molecule has 0 spiro atoms. The predicted molar refractivity (Wildman–Crippen MR) is 71.8 cm³/mol. The minimum absolute atomic E-state index is 0.171. The quantitative estimate of drug-likeness (QED) is 0.739. The third kappa shape index (κ3) is 3.07. The summed E-state index contributed by atoms with van der Waals surface area (Å²) in [5, 5.41) is 0. The van der Waals surface area contributed by atoms with Crippen molar-refractivity contribution in [1.29, 1.82) is 0 Å². The number of nitrogens with one attached hydrogen (secondary N) is 1. The molecule has 2 heterocycles. The smallest absolute Gasteiger partial charge is 0.410 e. The fourth-order valence-corrected chi connectivity index (χ4v) is 2.01. The van der Waals surface area contributed by atoms with Crippen LogP contribution >= 0.6 is 0 Å². The summed E-state index contributed by atoms with van der Waals surface area (Å²) in [6.45, 7) is 6.43. The Morgan fingerprint density at radius 1 is 1.47 bits per heavy atom. The van der Waals surface area contributed by atoms with Crippen LogP contribution in [0.2, 0.25) is 0 Å². The van der Waals surface area contributed by atoms with Crippen LogP contribution in [0.4, 0.5) is 10.5 Å². The van der Waals surface area contributed by atoms with Crippen molar-refractivity contribution in [2.45, 2.75) is 39.3 Å². The van der Waals surface area contributed by atoms with E-state index in [1.807, 2.05) is 20.8 Å². The number of aromatic nitrogens is 1. The van der Waals surface area contributed by atoms with Gasteiger partial charge in [-0.05, 0) is 32.4 Å². The highest BCUT2D eigenvalue weighted by Gasteiger charge is 2.26. The van der Waals surface area contributed by atoms with Crippen LogP contribution in [0.3, 0.4) is 0 Å². The van der Waals surface area contributed by atoms with Crippen molar-refractivity contribution in [1.82, 2.24) is 9.88 Å². The van der Waals surface area contributed by atoms with E-state index in [1.165, 1.54) is 0 Å². The summed E-state index contributed by atoms with van der Waals surface area (Å²) in [5.41, 5.74) is 6.69. The number of nitrogens with two attached hydrogens (primary N) is 1. The van der Waals surface area contributed by atoms with E-state index in [-0.39, 0.29) is 17.3 Å². The van der Waals surface area contributed by atoms with E-state index < -0.39 is 5.60 Å². The average Bonchev–Trinajstić information content (AvgIpc) is 2.27. The Hall–Kier alpha value is -1.98. The molecule has 19 heavy (non-hydrogen) atoms. The maximum atomic E-state index is 12.0. The molecule has 2 rings (SSSR count). The lowest BCUT2D eigenvalue weighted by atomic mass is 10.1. The molecule has 0 saturated heterocycles. The average molecular weight is 265 g/mol. The number of ether oxygens (including phenoxy) is 1. The first-order valence-electron chi connectivity index (χ1n) is 6.25. The number of nitrogen functional groups attached to an aromatic ring is 1. The van der Waals surface area contributed by atoms with Gasteiger partial charge in [-0.15, -0.1) is 0 Å². The van der Waals surface area contributed by atoms with Crippen molar-refractivity contribution in [3.63, 3.8) is 0 Å². The first kappa shape index (κ1) is 13.5. The number of fused-ring (bicyclic) bond motifs is 1. The van der Waals surface area contributed by atoms with Gasteiger partial charge in [0.15, 0.2) is 0 Å². The van der Waals surface area contributed by atoms with Gasteiger partial charge in [0, 0.05) is 18.7 Å². The fraction of sp³-hybridized carbons (Fsp3) is 0.538. The second-order valence-corrected chi connectivity index (χ2v) is 5.71. The Morgan fingerprint density at radius 2 is 2.16 bits per heavy atom. The second-order valence-electron chi connectivity index (χ2n) is 5.71. The third-order valence-electron chi connectivity index (χ3n) is 2.89. The number of hydrogen-bond acceptors (Lipinski definition) is 4. The normalized spacial score (nSPS) is 15.0. The number of nitrogens with zero attached hydrogens (tertiary/aromatic N) is 1. The number of anilines is 1. The summed E-state index contributed by atoms with van der Waals surface area (Å²) >= 11 is 0. The van der Waals surface area contributed by atoms with Crippen molar-refractivity contribution in [2.75, 3.05) is 12.3 Å². The van der Waals surface area contributed by atoms with Crippen LogP contribution in [0, 0.1) is 0 Å². The first-order chi connectivity index (χ1) is 8.76. The Labute approximate surface area is 111 Å². The van der Waals surface area contributed by atoms with Crippen molar-refractivity contribution >= 4 is 11.8 Å². The molecular formula is C13H19N3O3. The van der Waals surface area contributed by atoms with Crippen LogP contribution in [0.25, 0.3) is 0 Å². The summed E-state index contributed by atoms with van der Waals surface area (Å²) in [6, 6.07) is 1.63. The van der Waals surface area contributed by atoms with E-state index in [4.69, 9.17) is 10.5 Å². The van der Waals surface area contributed by atoms with Gasteiger partial charge >= 0.3 is 6.09 Å². The van der Waals surface area contributed by atoms with E-state index in [1.54, 1.807) is 11.0 Å². The van der Waals surface area contributed by atoms with E-state index >= 15 is 0 Å². The van der Waals surface area contributed by atoms with Crippen molar-refractivity contribution in [3.05, 3.63) is 27.7 Å². The third-order valence-corrected chi connectivity index (χ3v) is 2.89. The monoisotopic (exact) mass is 265 g/mol. The Morgan fingerprint density at radius 3 is 2.79 bits per heavy atom. The maximum absolute atomic E-state index is 12.0. The number of carbonyl (C=O) groups is 1. The summed E-state index contributed by atoms with van der Waals surface area (Å²) in [7, 11) is 0. The van der Waals surface area contributed by atoms with Crippen LogP contribution in [0.1, 0.15) is 32.0 Å². The topological polar surface area (TPSA) is 88.4 Å². The molecule has 0 atom stereocenters. The lowest BCUT2D eigenvalue weighted by Crippen LogP contribution is -2.40. The number of hydrogen-bond donors (Lipinski definition) is 2. The van der Waals surface area contributed by atoms with Crippen molar-refractivity contribution in [2.24, 2.45) is 0 Å². The van der Waals surface area contributed by atoms with Crippen LogP contribution in [-0.2, 0) is 17.7 Å². The molecule has 1 amide bonds. The molecule has 104 valence electrons. The molecule has 0 bridgehead atoms. The Kier molecular flexibility index (Phi) is 3.26. The minimum atomic E-state index is -0.513. The summed E-state index contributed by atoms with van der Waals surface area (Å²) in [5.74, 6) is 0. The standard InChI is InChI=1S/C13H19N3O3/c1-13(2,3)19-12(18)16-5-4-10-8(7-16)6-9(14)11(17)15-10/h6H,4-5,7,14H2,1-3H3,(H,15,17). The molecule has 0 aromatic carbocycles. The van der Waals surface area contributed by atoms with Gasteiger partial charge in [-0.25, -0.2) is 4.79 Å². The maximum Gasteiger partial charge on any atom is 0.410 e. The molecule has 1 aromatic heterocycles.